The van der Waals surface area contributed by atoms with E-state index >= 15 is 0 Å². The minimum atomic E-state index is -0.309. The molecule has 3 aromatic carbocycles. The summed E-state index contributed by atoms with van der Waals surface area (Å²) < 4.78 is 16.1. The Bertz CT molecular complexity index is 1380. The lowest BCUT2D eigenvalue weighted by molar-refractivity contribution is 0.193. The van der Waals surface area contributed by atoms with Crippen LogP contribution in [0.3, 0.4) is 0 Å². The second-order valence-corrected chi connectivity index (χ2v) is 8.71. The van der Waals surface area contributed by atoms with Crippen molar-refractivity contribution in [3.05, 3.63) is 82.5 Å². The number of methoxy groups -OCH3 is 3. The van der Waals surface area contributed by atoms with Crippen LogP contribution < -0.4 is 19.5 Å². The highest BCUT2D eigenvalue weighted by atomic mass is 35.5. The second kappa shape index (κ2) is 9.43. The largest absolute Gasteiger partial charge is 0.497 e. The van der Waals surface area contributed by atoms with E-state index in [0.717, 1.165) is 28.9 Å². The molecule has 2 amide bonds. The third-order valence-corrected chi connectivity index (χ3v) is 6.74. The number of hydrogen-bond donors (Lipinski definition) is 2. The summed E-state index contributed by atoms with van der Waals surface area (Å²) in [6, 6.07) is 18.8. The molecular weight excluding hydrogens is 466 g/mol. The number of carbonyl (C=O) groups excluding carboxylic acids is 1. The average Bonchev–Trinajstić information content (AvgIpc) is 3.27. The number of benzene rings is 3. The molecule has 8 heteroatoms. The highest BCUT2D eigenvalue weighted by Crippen LogP contribution is 2.40. The summed E-state index contributed by atoms with van der Waals surface area (Å²) in [4.78, 5) is 19.1. The molecule has 0 saturated carbocycles. The number of aromatic amines is 1. The number of anilines is 1. The van der Waals surface area contributed by atoms with E-state index in [-0.39, 0.29) is 12.1 Å². The lowest BCUT2D eigenvalue weighted by Gasteiger charge is -2.36. The zero-order valence-electron chi connectivity index (χ0n) is 19.7. The number of aromatic nitrogens is 1. The molecule has 4 aromatic rings. The number of urea groups is 1. The average molecular weight is 492 g/mol. The molecule has 5 rings (SSSR count). The first kappa shape index (κ1) is 22.9. The van der Waals surface area contributed by atoms with E-state index in [9.17, 15) is 4.79 Å². The van der Waals surface area contributed by atoms with Crippen LogP contribution in [0.1, 0.15) is 22.9 Å². The van der Waals surface area contributed by atoms with Gasteiger partial charge >= 0.3 is 6.03 Å². The van der Waals surface area contributed by atoms with Gasteiger partial charge in [0.1, 0.15) is 17.2 Å². The number of nitrogens with zero attached hydrogens (tertiary/aromatic N) is 1. The van der Waals surface area contributed by atoms with Crippen LogP contribution in [0, 0.1) is 0 Å². The molecule has 2 heterocycles. The maximum absolute atomic E-state index is 13.7. The number of para-hydroxylation sites is 1. The van der Waals surface area contributed by atoms with Crippen molar-refractivity contribution in [2.75, 3.05) is 33.2 Å². The molecule has 0 saturated heterocycles. The third kappa shape index (κ3) is 4.12. The van der Waals surface area contributed by atoms with Crippen molar-refractivity contribution in [3.8, 4) is 17.2 Å². The molecular formula is C27H26ClN3O4. The Morgan fingerprint density at radius 3 is 2.46 bits per heavy atom. The molecule has 1 aromatic heterocycles. The van der Waals surface area contributed by atoms with Crippen LogP contribution in [0.25, 0.3) is 10.9 Å². The topological polar surface area (TPSA) is 75.8 Å². The molecule has 2 N–H and O–H groups in total. The Kier molecular flexibility index (Phi) is 6.17. The smallest absolute Gasteiger partial charge is 0.322 e. The summed E-state index contributed by atoms with van der Waals surface area (Å²) in [5.74, 6) is 1.69. The monoisotopic (exact) mass is 491 g/mol. The molecule has 180 valence electrons. The lowest BCUT2D eigenvalue weighted by atomic mass is 9.92. The normalized spacial score (nSPS) is 15.0. The quantitative estimate of drug-likeness (QED) is 0.357. The van der Waals surface area contributed by atoms with E-state index in [1.165, 1.54) is 25.2 Å². The van der Waals surface area contributed by atoms with Gasteiger partial charge in [0.2, 0.25) is 0 Å². The number of carbonyl (C=O) groups is 1. The van der Waals surface area contributed by atoms with E-state index in [2.05, 4.69) is 22.4 Å². The summed E-state index contributed by atoms with van der Waals surface area (Å²) in [6.07, 6.45) is 0.736. The first-order valence-corrected chi connectivity index (χ1v) is 11.6. The van der Waals surface area contributed by atoms with Crippen LogP contribution in [-0.4, -0.2) is 43.8 Å². The fourth-order valence-corrected chi connectivity index (χ4v) is 4.98. The first-order chi connectivity index (χ1) is 17.0. The van der Waals surface area contributed by atoms with Gasteiger partial charge in [0.05, 0.1) is 38.1 Å². The van der Waals surface area contributed by atoms with Gasteiger partial charge < -0.3 is 29.4 Å². The van der Waals surface area contributed by atoms with Crippen molar-refractivity contribution in [3.63, 3.8) is 0 Å². The van der Waals surface area contributed by atoms with Crippen molar-refractivity contribution in [1.82, 2.24) is 9.88 Å². The Labute approximate surface area is 208 Å². The number of H-pyrrole nitrogens is 1. The van der Waals surface area contributed by atoms with Crippen LogP contribution in [0.5, 0.6) is 17.2 Å². The Morgan fingerprint density at radius 1 is 1.00 bits per heavy atom. The van der Waals surface area contributed by atoms with E-state index in [0.29, 0.717) is 28.8 Å². The molecule has 0 spiro atoms. The lowest BCUT2D eigenvalue weighted by Crippen LogP contribution is -2.43. The van der Waals surface area contributed by atoms with E-state index in [4.69, 9.17) is 25.8 Å². The molecule has 0 aliphatic carbocycles. The van der Waals surface area contributed by atoms with Crippen molar-refractivity contribution in [2.45, 2.75) is 12.5 Å². The van der Waals surface area contributed by atoms with Crippen molar-refractivity contribution >= 4 is 34.2 Å². The van der Waals surface area contributed by atoms with Gasteiger partial charge in [-0.15, -0.1) is 0 Å². The van der Waals surface area contributed by atoms with Crippen molar-refractivity contribution < 1.29 is 19.0 Å². The van der Waals surface area contributed by atoms with Crippen LogP contribution >= 0.6 is 11.6 Å². The summed E-state index contributed by atoms with van der Waals surface area (Å²) >= 11 is 6.33. The first-order valence-electron chi connectivity index (χ1n) is 11.3. The highest BCUT2D eigenvalue weighted by molar-refractivity contribution is 6.32. The Balaban J connectivity index is 1.55. The van der Waals surface area contributed by atoms with Crippen LogP contribution in [0.15, 0.2) is 60.7 Å². The SMILES string of the molecule is COc1ccc([C@H]2c3[nH]c4ccccc4c3CCN2C(=O)Nc2cc(Cl)c(OC)cc2OC)cc1. The second-order valence-electron chi connectivity index (χ2n) is 8.30. The predicted molar refractivity (Wildman–Crippen MR) is 137 cm³/mol. The fourth-order valence-electron chi connectivity index (χ4n) is 4.74. The number of fused-ring (bicyclic) bond motifs is 3. The number of hydrogen-bond acceptors (Lipinski definition) is 4. The zero-order chi connectivity index (χ0) is 24.5. The van der Waals surface area contributed by atoms with Crippen molar-refractivity contribution in [1.29, 1.82) is 0 Å². The standard InChI is InChI=1S/C27H26ClN3O4/c1-33-17-10-8-16(9-11-17)26-25-19(18-6-4-5-7-21(18)29-25)12-13-31(26)27(32)30-22-14-20(28)23(34-2)15-24(22)35-3/h4-11,14-15,26,29H,12-13H2,1-3H3,(H,30,32)/t26-/m0/s1. The van der Waals surface area contributed by atoms with Crippen molar-refractivity contribution in [2.24, 2.45) is 0 Å². The number of ether oxygens (including phenoxy) is 3. The van der Waals surface area contributed by atoms with E-state index in [1.807, 2.05) is 41.3 Å². The molecule has 0 radical (unpaired) electrons. The number of halogens is 1. The number of rotatable bonds is 5. The maximum atomic E-state index is 13.7. The number of amides is 2. The van der Waals surface area contributed by atoms with Crippen LogP contribution in [0.2, 0.25) is 5.02 Å². The molecule has 1 aliphatic rings. The van der Waals surface area contributed by atoms with Gasteiger partial charge in [0.25, 0.3) is 0 Å². The summed E-state index contributed by atoms with van der Waals surface area (Å²) in [7, 11) is 4.71. The van der Waals surface area contributed by atoms with E-state index in [1.54, 1.807) is 19.2 Å². The predicted octanol–water partition coefficient (Wildman–Crippen LogP) is 6.03. The van der Waals surface area contributed by atoms with Gasteiger partial charge in [-0.3, -0.25) is 0 Å². The molecule has 35 heavy (non-hydrogen) atoms. The Hall–Kier alpha value is -3.84. The highest BCUT2D eigenvalue weighted by Gasteiger charge is 2.35. The number of nitrogens with one attached hydrogen (secondary N) is 2. The van der Waals surface area contributed by atoms with Crippen LogP contribution in [0.4, 0.5) is 10.5 Å². The molecule has 7 nitrogen and oxygen atoms in total. The van der Waals surface area contributed by atoms with Gasteiger partial charge in [-0.25, -0.2) is 4.79 Å². The summed E-state index contributed by atoms with van der Waals surface area (Å²) in [5.41, 5.74) is 4.75. The van der Waals surface area contributed by atoms with Gasteiger partial charge in [-0.2, -0.15) is 0 Å². The van der Waals surface area contributed by atoms with Gasteiger partial charge in [0.15, 0.2) is 0 Å². The van der Waals surface area contributed by atoms with Crippen LogP contribution in [-0.2, 0) is 6.42 Å². The Morgan fingerprint density at radius 2 is 1.74 bits per heavy atom. The minimum absolute atomic E-state index is 0.255. The molecule has 0 bridgehead atoms. The summed E-state index contributed by atoms with van der Waals surface area (Å²) in [6.45, 7) is 0.545. The molecule has 0 fully saturated rings. The maximum Gasteiger partial charge on any atom is 0.322 e. The summed E-state index contributed by atoms with van der Waals surface area (Å²) in [5, 5.41) is 4.56. The van der Waals surface area contributed by atoms with Gasteiger partial charge in [0, 0.05) is 29.2 Å². The van der Waals surface area contributed by atoms with Gasteiger partial charge in [-0.1, -0.05) is 41.9 Å². The minimum Gasteiger partial charge on any atom is -0.497 e. The molecule has 1 atom stereocenters. The third-order valence-electron chi connectivity index (χ3n) is 6.44. The van der Waals surface area contributed by atoms with E-state index < -0.39 is 0 Å². The zero-order valence-corrected chi connectivity index (χ0v) is 20.5. The molecule has 1 aliphatic heterocycles. The fraction of sp³-hybridized carbons (Fsp3) is 0.222. The molecule has 0 unspecified atom stereocenters. The van der Waals surface area contributed by atoms with Gasteiger partial charge in [-0.05, 0) is 41.8 Å².